The molecule has 0 aliphatic heterocycles. The van der Waals surface area contributed by atoms with Crippen molar-refractivity contribution in [2.45, 2.75) is 38.9 Å². The lowest BCUT2D eigenvalue weighted by Gasteiger charge is -2.16. The Hall–Kier alpha value is -1.69. The van der Waals surface area contributed by atoms with Crippen LogP contribution in [0.3, 0.4) is 0 Å². The molecule has 0 saturated heterocycles. The number of amides is 1. The van der Waals surface area contributed by atoms with Crippen LogP contribution >= 0.6 is 11.8 Å². The number of carbonyl (C=O) groups excluding carboxylic acids is 1. The number of benzene rings is 1. The summed E-state index contributed by atoms with van der Waals surface area (Å²) in [7, 11) is 0. The van der Waals surface area contributed by atoms with E-state index in [4.69, 9.17) is 4.74 Å². The molecule has 6 heteroatoms. The molecule has 1 amide bonds. The number of imidazole rings is 1. The number of nitrogens with zero attached hydrogens (tertiary/aromatic N) is 1. The molecule has 0 fully saturated rings. The van der Waals surface area contributed by atoms with Gasteiger partial charge in [0.1, 0.15) is 5.75 Å². The molecule has 0 saturated carbocycles. The smallest absolute Gasteiger partial charge is 0.230 e. The molecule has 0 unspecified atom stereocenters. The van der Waals surface area contributed by atoms with Crippen LogP contribution in [0.4, 0.5) is 0 Å². The van der Waals surface area contributed by atoms with Crippen LogP contribution in [0, 0.1) is 5.92 Å². The van der Waals surface area contributed by atoms with Crippen molar-refractivity contribution in [2.75, 3.05) is 12.4 Å². The minimum absolute atomic E-state index is 0.0293. The van der Waals surface area contributed by atoms with Gasteiger partial charge in [-0.25, -0.2) is 4.98 Å². The number of carbonyl (C=O) groups is 1. The van der Waals surface area contributed by atoms with Gasteiger partial charge in [-0.3, -0.25) is 4.79 Å². The van der Waals surface area contributed by atoms with E-state index >= 15 is 0 Å². The summed E-state index contributed by atoms with van der Waals surface area (Å²) in [6.45, 7) is 8.79. The number of H-pyrrole nitrogens is 1. The third-order valence-electron chi connectivity index (χ3n) is 3.47. The number of thioether (sulfide) groups is 1. The number of aromatic amines is 1. The lowest BCUT2D eigenvalue weighted by Crippen LogP contribution is -2.37. The van der Waals surface area contributed by atoms with Crippen molar-refractivity contribution in [3.8, 4) is 5.75 Å². The average molecular weight is 321 g/mol. The first-order valence-corrected chi connectivity index (χ1v) is 8.53. The molecular weight excluding hydrogens is 298 g/mol. The molecule has 2 rings (SSSR count). The van der Waals surface area contributed by atoms with Gasteiger partial charge in [0.2, 0.25) is 5.91 Å². The van der Waals surface area contributed by atoms with Gasteiger partial charge in [-0.1, -0.05) is 25.6 Å². The molecule has 22 heavy (non-hydrogen) atoms. The second kappa shape index (κ2) is 7.54. The number of fused-ring (bicyclic) bond motifs is 1. The molecule has 2 N–H and O–H groups in total. The molecule has 0 aliphatic rings. The van der Waals surface area contributed by atoms with E-state index in [1.54, 1.807) is 0 Å². The van der Waals surface area contributed by atoms with Crippen molar-refractivity contribution >= 4 is 28.7 Å². The summed E-state index contributed by atoms with van der Waals surface area (Å²) >= 11 is 1.41. The highest BCUT2D eigenvalue weighted by molar-refractivity contribution is 7.99. The maximum atomic E-state index is 11.9. The van der Waals surface area contributed by atoms with E-state index in [2.05, 4.69) is 29.1 Å². The second-order valence-corrected chi connectivity index (χ2v) is 6.51. The first-order chi connectivity index (χ1) is 10.5. The summed E-state index contributed by atoms with van der Waals surface area (Å²) in [4.78, 5) is 19.6. The highest BCUT2D eigenvalue weighted by Gasteiger charge is 2.12. The maximum absolute atomic E-state index is 11.9. The molecule has 5 nitrogen and oxygen atoms in total. The lowest BCUT2D eigenvalue weighted by atomic mass is 10.1. The molecule has 0 aliphatic carbocycles. The van der Waals surface area contributed by atoms with Crippen molar-refractivity contribution in [3.05, 3.63) is 18.2 Å². The normalized spacial score (nSPS) is 12.6. The van der Waals surface area contributed by atoms with Crippen LogP contribution in [0.5, 0.6) is 5.75 Å². The Bertz CT molecular complexity index is 639. The van der Waals surface area contributed by atoms with E-state index in [0.717, 1.165) is 21.9 Å². The monoisotopic (exact) mass is 321 g/mol. The first-order valence-electron chi connectivity index (χ1n) is 7.54. The fourth-order valence-corrected chi connectivity index (χ4v) is 2.58. The van der Waals surface area contributed by atoms with E-state index < -0.39 is 0 Å². The van der Waals surface area contributed by atoms with E-state index in [1.807, 2.05) is 32.0 Å². The number of rotatable bonds is 7. The quantitative estimate of drug-likeness (QED) is 0.769. The van der Waals surface area contributed by atoms with Crippen LogP contribution in [0.1, 0.15) is 27.7 Å². The molecule has 120 valence electrons. The Labute approximate surface area is 135 Å². The van der Waals surface area contributed by atoms with Gasteiger partial charge in [-0.2, -0.15) is 0 Å². The standard InChI is InChI=1S/C16H23N3O2S/c1-5-21-12-6-7-13-14(8-12)19-16(18-13)22-9-15(20)17-11(4)10(2)3/h6-8,10-11H,5,9H2,1-4H3,(H,17,20)(H,18,19)/t11-/m0/s1. The van der Waals surface area contributed by atoms with E-state index in [1.165, 1.54) is 11.8 Å². The number of hydrogen-bond donors (Lipinski definition) is 2. The van der Waals surface area contributed by atoms with Gasteiger partial charge < -0.3 is 15.0 Å². The van der Waals surface area contributed by atoms with Crippen LogP contribution in [0.25, 0.3) is 11.0 Å². The first kappa shape index (κ1) is 16.7. The van der Waals surface area contributed by atoms with Crippen LogP contribution in [-0.4, -0.2) is 34.3 Å². The Balaban J connectivity index is 1.95. The van der Waals surface area contributed by atoms with Gasteiger partial charge in [-0.05, 0) is 31.9 Å². The summed E-state index contributed by atoms with van der Waals surface area (Å²) in [5, 5.41) is 3.73. The zero-order valence-electron chi connectivity index (χ0n) is 13.5. The van der Waals surface area contributed by atoms with Crippen LogP contribution in [0.15, 0.2) is 23.4 Å². The predicted molar refractivity (Wildman–Crippen MR) is 90.4 cm³/mol. The summed E-state index contributed by atoms with van der Waals surface area (Å²) < 4.78 is 5.47. The molecule has 0 spiro atoms. The van der Waals surface area contributed by atoms with Crippen LogP contribution in [-0.2, 0) is 4.79 Å². The van der Waals surface area contributed by atoms with Gasteiger partial charge in [0.05, 0.1) is 23.4 Å². The molecule has 1 aromatic carbocycles. The van der Waals surface area contributed by atoms with Gasteiger partial charge in [-0.15, -0.1) is 0 Å². The summed E-state index contributed by atoms with van der Waals surface area (Å²) in [6.07, 6.45) is 0. The van der Waals surface area contributed by atoms with Gasteiger partial charge in [0.15, 0.2) is 5.16 Å². The van der Waals surface area contributed by atoms with Gasteiger partial charge >= 0.3 is 0 Å². The van der Waals surface area contributed by atoms with E-state index in [-0.39, 0.29) is 11.9 Å². The maximum Gasteiger partial charge on any atom is 0.230 e. The fraction of sp³-hybridized carbons (Fsp3) is 0.500. The van der Waals surface area contributed by atoms with Crippen LogP contribution in [0.2, 0.25) is 0 Å². The minimum atomic E-state index is 0.0293. The largest absolute Gasteiger partial charge is 0.494 e. The third-order valence-corrected chi connectivity index (χ3v) is 4.34. The number of hydrogen-bond acceptors (Lipinski definition) is 4. The Morgan fingerprint density at radius 3 is 2.86 bits per heavy atom. The topological polar surface area (TPSA) is 67.0 Å². The molecular formula is C16H23N3O2S. The number of aromatic nitrogens is 2. The van der Waals surface area contributed by atoms with Crippen molar-refractivity contribution in [1.82, 2.24) is 15.3 Å². The minimum Gasteiger partial charge on any atom is -0.494 e. The highest BCUT2D eigenvalue weighted by Crippen LogP contribution is 2.23. The number of ether oxygens (including phenoxy) is 1. The SMILES string of the molecule is CCOc1ccc2nc(SCC(=O)N[C@@H](C)C(C)C)[nH]c2c1. The second-order valence-electron chi connectivity index (χ2n) is 5.54. The van der Waals surface area contributed by atoms with Crippen molar-refractivity contribution in [1.29, 1.82) is 0 Å². The van der Waals surface area contributed by atoms with Gasteiger partial charge in [0.25, 0.3) is 0 Å². The number of nitrogens with one attached hydrogen (secondary N) is 2. The van der Waals surface area contributed by atoms with Gasteiger partial charge in [0, 0.05) is 12.1 Å². The Kier molecular flexibility index (Phi) is 5.71. The average Bonchev–Trinajstić information content (AvgIpc) is 2.87. The van der Waals surface area contributed by atoms with Crippen molar-refractivity contribution < 1.29 is 9.53 Å². The molecule has 0 radical (unpaired) electrons. The Morgan fingerprint density at radius 2 is 2.18 bits per heavy atom. The summed E-state index contributed by atoms with van der Waals surface area (Å²) in [6, 6.07) is 5.93. The van der Waals surface area contributed by atoms with Crippen molar-refractivity contribution in [3.63, 3.8) is 0 Å². The predicted octanol–water partition coefficient (Wildman–Crippen LogP) is 3.21. The zero-order valence-corrected chi connectivity index (χ0v) is 14.3. The third kappa shape index (κ3) is 4.40. The Morgan fingerprint density at radius 1 is 1.41 bits per heavy atom. The summed E-state index contributed by atoms with van der Waals surface area (Å²) in [5.41, 5.74) is 1.80. The molecule has 2 aromatic rings. The lowest BCUT2D eigenvalue weighted by molar-refractivity contribution is -0.119. The van der Waals surface area contributed by atoms with Crippen LogP contribution < -0.4 is 10.1 Å². The highest BCUT2D eigenvalue weighted by atomic mass is 32.2. The fourth-order valence-electron chi connectivity index (χ4n) is 1.89. The zero-order chi connectivity index (χ0) is 16.1. The molecule has 1 aromatic heterocycles. The van der Waals surface area contributed by atoms with E-state index in [9.17, 15) is 4.79 Å². The molecule has 0 bridgehead atoms. The molecule has 1 atom stereocenters. The molecule has 1 heterocycles. The van der Waals surface area contributed by atoms with E-state index in [0.29, 0.717) is 18.3 Å². The van der Waals surface area contributed by atoms with Crippen molar-refractivity contribution in [2.24, 2.45) is 5.92 Å². The summed E-state index contributed by atoms with van der Waals surface area (Å²) in [5.74, 6) is 1.63.